The molecule has 5 nitrogen and oxygen atoms in total. The van der Waals surface area contributed by atoms with Gasteiger partial charge in [-0.05, 0) is 42.5 Å². The minimum atomic E-state index is -0.587. The summed E-state index contributed by atoms with van der Waals surface area (Å²) >= 11 is 6.84. The zero-order chi connectivity index (χ0) is 17.1. The summed E-state index contributed by atoms with van der Waals surface area (Å²) < 4.78 is 18.6. The van der Waals surface area contributed by atoms with E-state index in [1.807, 2.05) is 0 Å². The largest absolute Gasteiger partial charge is 0.459 e. The summed E-state index contributed by atoms with van der Waals surface area (Å²) in [4.78, 5) is 24.3. The molecular weight excluding hydrogens is 355 g/mol. The van der Waals surface area contributed by atoms with Crippen LogP contribution in [0, 0.1) is 5.82 Å². The van der Waals surface area contributed by atoms with Crippen molar-refractivity contribution in [3.8, 4) is 0 Å². The Morgan fingerprint density at radius 3 is 2.67 bits per heavy atom. The van der Waals surface area contributed by atoms with Crippen LogP contribution in [-0.2, 0) is 0 Å². The maximum atomic E-state index is 13.6. The lowest BCUT2D eigenvalue weighted by Crippen LogP contribution is -2.11. The highest BCUT2D eigenvalue weighted by Crippen LogP contribution is 2.25. The number of carbonyl (C=O) groups excluding carboxylic acids is 2. The first-order valence-corrected chi connectivity index (χ1v) is 7.93. The fourth-order valence-corrected chi connectivity index (χ4v) is 2.85. The number of nitrogens with one attached hydrogen (secondary N) is 2. The molecule has 0 aliphatic heterocycles. The van der Waals surface area contributed by atoms with E-state index in [0.717, 1.165) is 11.3 Å². The molecule has 0 aliphatic carbocycles. The maximum absolute atomic E-state index is 13.6. The molecule has 0 unspecified atom stereocenters. The third kappa shape index (κ3) is 3.64. The molecule has 0 spiro atoms. The summed E-state index contributed by atoms with van der Waals surface area (Å²) in [7, 11) is 0. The molecular formula is C16H10ClFN2O3S. The van der Waals surface area contributed by atoms with E-state index in [0.29, 0.717) is 14.9 Å². The van der Waals surface area contributed by atoms with Gasteiger partial charge in [0.2, 0.25) is 0 Å². The van der Waals surface area contributed by atoms with Gasteiger partial charge >= 0.3 is 0 Å². The number of amides is 2. The van der Waals surface area contributed by atoms with E-state index in [9.17, 15) is 14.0 Å². The van der Waals surface area contributed by atoms with Crippen LogP contribution in [0.25, 0.3) is 0 Å². The number of hydrogen-bond donors (Lipinski definition) is 2. The van der Waals surface area contributed by atoms with Crippen molar-refractivity contribution < 1.29 is 18.4 Å². The second-order valence-electron chi connectivity index (χ2n) is 4.67. The van der Waals surface area contributed by atoms with Crippen LogP contribution < -0.4 is 10.6 Å². The van der Waals surface area contributed by atoms with Gasteiger partial charge in [0.1, 0.15) is 5.82 Å². The smallest absolute Gasteiger partial charge is 0.291 e. The second kappa shape index (κ2) is 6.86. The van der Waals surface area contributed by atoms with Gasteiger partial charge in [-0.15, -0.1) is 11.3 Å². The molecule has 0 fully saturated rings. The average Bonchev–Trinajstić information content (AvgIpc) is 3.22. The Kier molecular flexibility index (Phi) is 4.64. The Hall–Kier alpha value is -2.64. The van der Waals surface area contributed by atoms with Gasteiger partial charge in [-0.1, -0.05) is 11.6 Å². The van der Waals surface area contributed by atoms with Gasteiger partial charge < -0.3 is 15.1 Å². The molecule has 2 amide bonds. The van der Waals surface area contributed by atoms with Crippen molar-refractivity contribution >= 4 is 45.4 Å². The van der Waals surface area contributed by atoms with E-state index in [1.165, 1.54) is 36.6 Å². The number of carbonyl (C=O) groups is 2. The van der Waals surface area contributed by atoms with Crippen LogP contribution in [0.5, 0.6) is 0 Å². The van der Waals surface area contributed by atoms with Gasteiger partial charge in [0.05, 0.1) is 21.8 Å². The molecule has 2 heterocycles. The number of thiophene rings is 1. The molecule has 1 aromatic carbocycles. The van der Waals surface area contributed by atoms with Gasteiger partial charge in [0.15, 0.2) is 5.76 Å². The average molecular weight is 365 g/mol. The van der Waals surface area contributed by atoms with Crippen LogP contribution in [-0.4, -0.2) is 11.8 Å². The molecule has 0 radical (unpaired) electrons. The van der Waals surface area contributed by atoms with Crippen LogP contribution in [0.2, 0.25) is 5.02 Å². The highest BCUT2D eigenvalue weighted by molar-refractivity contribution is 7.18. The first-order valence-electron chi connectivity index (χ1n) is 6.74. The predicted octanol–water partition coefficient (Wildman–Crippen LogP) is 4.64. The summed E-state index contributed by atoms with van der Waals surface area (Å²) in [6.07, 6.45) is 1.39. The van der Waals surface area contributed by atoms with Crippen molar-refractivity contribution in [1.29, 1.82) is 0 Å². The van der Waals surface area contributed by atoms with Crippen LogP contribution in [0.4, 0.5) is 15.1 Å². The molecule has 122 valence electrons. The fraction of sp³-hybridized carbons (Fsp3) is 0. The van der Waals surface area contributed by atoms with Crippen molar-refractivity contribution in [2.24, 2.45) is 0 Å². The predicted molar refractivity (Wildman–Crippen MR) is 90.3 cm³/mol. The third-order valence-electron chi connectivity index (χ3n) is 2.99. The van der Waals surface area contributed by atoms with Crippen LogP contribution in [0.1, 0.15) is 20.2 Å². The number of rotatable bonds is 4. The quantitative estimate of drug-likeness (QED) is 0.708. The van der Waals surface area contributed by atoms with Crippen LogP contribution >= 0.6 is 22.9 Å². The van der Waals surface area contributed by atoms with E-state index >= 15 is 0 Å². The van der Waals surface area contributed by atoms with E-state index < -0.39 is 17.6 Å². The number of hydrogen-bond acceptors (Lipinski definition) is 4. The van der Waals surface area contributed by atoms with E-state index in [2.05, 4.69) is 10.6 Å². The van der Waals surface area contributed by atoms with Gasteiger partial charge in [0.25, 0.3) is 11.8 Å². The number of anilines is 2. The highest BCUT2D eigenvalue weighted by Gasteiger charge is 2.15. The summed E-state index contributed by atoms with van der Waals surface area (Å²) in [5.41, 5.74) is -0.0120. The highest BCUT2D eigenvalue weighted by atomic mass is 35.5. The van der Waals surface area contributed by atoms with Crippen molar-refractivity contribution in [2.45, 2.75) is 0 Å². The SMILES string of the molecule is O=C(Nc1ccc(C(=O)Nc2cc(Cl)ccc2F)s1)c1ccco1. The molecule has 0 bridgehead atoms. The van der Waals surface area contributed by atoms with Gasteiger partial charge in [-0.2, -0.15) is 0 Å². The summed E-state index contributed by atoms with van der Waals surface area (Å²) in [6.45, 7) is 0. The van der Waals surface area contributed by atoms with Crippen LogP contribution in [0.15, 0.2) is 53.1 Å². The molecule has 2 aromatic heterocycles. The zero-order valence-electron chi connectivity index (χ0n) is 12.0. The van der Waals surface area contributed by atoms with Crippen molar-refractivity contribution in [1.82, 2.24) is 0 Å². The molecule has 0 saturated heterocycles. The van der Waals surface area contributed by atoms with Crippen molar-refractivity contribution in [3.05, 3.63) is 70.2 Å². The third-order valence-corrected chi connectivity index (χ3v) is 4.22. The second-order valence-corrected chi connectivity index (χ2v) is 6.19. The topological polar surface area (TPSA) is 71.3 Å². The summed E-state index contributed by atoms with van der Waals surface area (Å²) in [5, 5.41) is 5.83. The molecule has 0 saturated carbocycles. The number of halogens is 2. The Labute approximate surface area is 145 Å². The lowest BCUT2D eigenvalue weighted by Gasteiger charge is -2.05. The minimum absolute atomic E-state index is 0.0120. The normalized spacial score (nSPS) is 10.4. The Morgan fingerprint density at radius 2 is 1.92 bits per heavy atom. The van der Waals surface area contributed by atoms with Crippen LogP contribution in [0.3, 0.4) is 0 Å². The summed E-state index contributed by atoms with van der Waals surface area (Å²) in [6, 6.07) is 10.1. The maximum Gasteiger partial charge on any atom is 0.291 e. The molecule has 8 heteroatoms. The first kappa shape index (κ1) is 16.2. The van der Waals surface area contributed by atoms with E-state index in [-0.39, 0.29) is 11.4 Å². The van der Waals surface area contributed by atoms with Gasteiger partial charge in [0, 0.05) is 5.02 Å². The first-order chi connectivity index (χ1) is 11.5. The van der Waals surface area contributed by atoms with E-state index in [4.69, 9.17) is 16.0 Å². The molecule has 0 atom stereocenters. The molecule has 3 aromatic rings. The van der Waals surface area contributed by atoms with Gasteiger partial charge in [-0.25, -0.2) is 4.39 Å². The lowest BCUT2D eigenvalue weighted by atomic mass is 10.3. The minimum Gasteiger partial charge on any atom is -0.459 e. The fourth-order valence-electron chi connectivity index (χ4n) is 1.89. The molecule has 24 heavy (non-hydrogen) atoms. The monoisotopic (exact) mass is 364 g/mol. The number of benzene rings is 1. The molecule has 2 N–H and O–H groups in total. The Bertz CT molecular complexity index is 893. The molecule has 3 rings (SSSR count). The lowest BCUT2D eigenvalue weighted by molar-refractivity contribution is 0.0995. The van der Waals surface area contributed by atoms with Crippen molar-refractivity contribution in [3.63, 3.8) is 0 Å². The zero-order valence-corrected chi connectivity index (χ0v) is 13.6. The Balaban J connectivity index is 1.69. The van der Waals surface area contributed by atoms with Gasteiger partial charge in [-0.3, -0.25) is 9.59 Å². The molecule has 0 aliphatic rings. The van der Waals surface area contributed by atoms with Crippen molar-refractivity contribution in [2.75, 3.05) is 10.6 Å². The Morgan fingerprint density at radius 1 is 1.08 bits per heavy atom. The summed E-state index contributed by atoms with van der Waals surface area (Å²) in [5.74, 6) is -1.35. The number of furan rings is 1. The van der Waals surface area contributed by atoms with E-state index in [1.54, 1.807) is 12.1 Å². The standard InChI is InChI=1S/C16H10ClFN2O3S/c17-9-3-4-10(18)11(8-9)19-16(22)13-5-6-14(24-13)20-15(21)12-2-1-7-23-12/h1-8H,(H,19,22)(H,20,21).